The number of nitrogens with one attached hydrogen (secondary N) is 1. The van der Waals surface area contributed by atoms with E-state index in [1.54, 1.807) is 6.07 Å². The Labute approximate surface area is 126 Å². The van der Waals surface area contributed by atoms with Gasteiger partial charge in [-0.25, -0.2) is 0 Å². The van der Waals surface area contributed by atoms with E-state index in [4.69, 9.17) is 22.7 Å². The maximum absolute atomic E-state index is 7.44. The molecule has 0 aliphatic carbocycles. The highest BCUT2D eigenvalue weighted by atomic mass is 35.5. The molecule has 1 aliphatic heterocycles. The van der Waals surface area contributed by atoms with Crippen LogP contribution in [0.2, 0.25) is 5.02 Å². The molecule has 1 aliphatic rings. The molecule has 0 aromatic heterocycles. The molecule has 1 unspecified atom stereocenters. The van der Waals surface area contributed by atoms with Gasteiger partial charge in [-0.05, 0) is 38.6 Å². The Balaban J connectivity index is 2.11. The first-order valence-corrected chi connectivity index (χ1v) is 7.40. The van der Waals surface area contributed by atoms with Crippen molar-refractivity contribution in [2.45, 2.75) is 25.9 Å². The van der Waals surface area contributed by atoms with Crippen molar-refractivity contribution in [2.24, 2.45) is 5.73 Å². The third kappa shape index (κ3) is 3.72. The second kappa shape index (κ2) is 6.57. The Hall–Kier alpha value is -1.10. The van der Waals surface area contributed by atoms with Crippen LogP contribution in [0, 0.1) is 5.41 Å². The first kappa shape index (κ1) is 15.3. The van der Waals surface area contributed by atoms with Gasteiger partial charge in [0, 0.05) is 36.3 Å². The molecule has 1 saturated heterocycles. The molecule has 1 aromatic rings. The Bertz CT molecular complexity index is 489. The van der Waals surface area contributed by atoms with Crippen molar-refractivity contribution in [1.29, 1.82) is 5.41 Å². The molecular formula is C15H23ClN4. The zero-order valence-electron chi connectivity index (χ0n) is 12.2. The van der Waals surface area contributed by atoms with E-state index >= 15 is 0 Å². The number of rotatable bonds is 3. The smallest absolute Gasteiger partial charge is 0.122 e. The predicted octanol–water partition coefficient (Wildman–Crippen LogP) is 2.15. The lowest BCUT2D eigenvalue weighted by Crippen LogP contribution is -2.37. The molecule has 0 spiro atoms. The number of nitrogens with zero attached hydrogens (tertiary/aromatic N) is 2. The van der Waals surface area contributed by atoms with Crippen LogP contribution >= 0.6 is 11.6 Å². The van der Waals surface area contributed by atoms with Crippen molar-refractivity contribution in [1.82, 2.24) is 9.80 Å². The molecule has 0 bridgehead atoms. The molecular weight excluding hydrogens is 272 g/mol. The Morgan fingerprint density at radius 2 is 2.20 bits per heavy atom. The summed E-state index contributed by atoms with van der Waals surface area (Å²) in [5.74, 6) is 0.0585. The number of benzene rings is 1. The van der Waals surface area contributed by atoms with Crippen molar-refractivity contribution < 1.29 is 0 Å². The Morgan fingerprint density at radius 3 is 2.85 bits per heavy atom. The lowest BCUT2D eigenvalue weighted by Gasteiger charge is -2.28. The summed E-state index contributed by atoms with van der Waals surface area (Å²) in [4.78, 5) is 4.85. The molecule has 1 fully saturated rings. The van der Waals surface area contributed by atoms with Gasteiger partial charge in [0.2, 0.25) is 0 Å². The summed E-state index contributed by atoms with van der Waals surface area (Å²) in [6.07, 6.45) is 1.18. The van der Waals surface area contributed by atoms with Gasteiger partial charge in [0.25, 0.3) is 0 Å². The molecule has 1 atom stereocenters. The van der Waals surface area contributed by atoms with E-state index in [0.29, 0.717) is 16.6 Å². The molecule has 1 aromatic carbocycles. The van der Waals surface area contributed by atoms with Gasteiger partial charge in [-0.2, -0.15) is 0 Å². The molecule has 0 saturated carbocycles. The van der Waals surface area contributed by atoms with Gasteiger partial charge in [-0.1, -0.05) is 23.7 Å². The number of likely N-dealkylation sites (N-methyl/N-ethyl adjacent to an activating group) is 1. The van der Waals surface area contributed by atoms with Crippen molar-refractivity contribution >= 4 is 17.4 Å². The minimum Gasteiger partial charge on any atom is -0.384 e. The summed E-state index contributed by atoms with van der Waals surface area (Å²) in [7, 11) is 2.18. The molecule has 0 amide bonds. The average Bonchev–Trinajstić information content (AvgIpc) is 2.53. The van der Waals surface area contributed by atoms with E-state index in [1.165, 1.54) is 6.42 Å². The van der Waals surface area contributed by atoms with Gasteiger partial charge in [0.15, 0.2) is 0 Å². The fraction of sp³-hybridized carbons (Fsp3) is 0.533. The third-order valence-corrected chi connectivity index (χ3v) is 4.27. The maximum atomic E-state index is 7.44. The quantitative estimate of drug-likeness (QED) is 0.663. The number of nitrogens with two attached hydrogens (primary N) is 1. The Kier molecular flexibility index (Phi) is 5.02. The number of amidine groups is 1. The average molecular weight is 295 g/mol. The maximum Gasteiger partial charge on any atom is 0.122 e. The van der Waals surface area contributed by atoms with Crippen LogP contribution in [0.3, 0.4) is 0 Å². The molecule has 5 heteroatoms. The van der Waals surface area contributed by atoms with E-state index in [-0.39, 0.29) is 5.84 Å². The summed E-state index contributed by atoms with van der Waals surface area (Å²) in [6.45, 7) is 6.45. The van der Waals surface area contributed by atoms with E-state index < -0.39 is 0 Å². The van der Waals surface area contributed by atoms with E-state index in [2.05, 4.69) is 23.8 Å². The summed E-state index contributed by atoms with van der Waals surface area (Å²) < 4.78 is 0. The van der Waals surface area contributed by atoms with Crippen LogP contribution in [-0.4, -0.2) is 48.4 Å². The van der Waals surface area contributed by atoms with Gasteiger partial charge in [-0.3, -0.25) is 10.3 Å². The normalized spacial score (nSPS) is 21.6. The molecule has 3 N–H and O–H groups in total. The monoisotopic (exact) mass is 294 g/mol. The predicted molar refractivity (Wildman–Crippen MR) is 84.5 cm³/mol. The van der Waals surface area contributed by atoms with Crippen LogP contribution in [0.15, 0.2) is 18.2 Å². The molecule has 20 heavy (non-hydrogen) atoms. The van der Waals surface area contributed by atoms with Crippen molar-refractivity contribution in [3.8, 4) is 0 Å². The summed E-state index contributed by atoms with van der Waals surface area (Å²) >= 11 is 6.32. The van der Waals surface area contributed by atoms with Gasteiger partial charge in [0.05, 0.1) is 0 Å². The highest BCUT2D eigenvalue weighted by Gasteiger charge is 2.20. The van der Waals surface area contributed by atoms with Gasteiger partial charge < -0.3 is 10.6 Å². The zero-order chi connectivity index (χ0) is 14.7. The number of hydrogen-bond donors (Lipinski definition) is 2. The van der Waals surface area contributed by atoms with Crippen LogP contribution in [0.5, 0.6) is 0 Å². The number of halogens is 1. The minimum absolute atomic E-state index is 0.0585. The summed E-state index contributed by atoms with van der Waals surface area (Å²) in [5, 5.41) is 8.14. The fourth-order valence-electron chi connectivity index (χ4n) is 2.72. The van der Waals surface area contributed by atoms with Gasteiger partial charge in [0.1, 0.15) is 5.84 Å². The molecule has 2 rings (SSSR count). The second-order valence-electron chi connectivity index (χ2n) is 5.66. The molecule has 110 valence electrons. The van der Waals surface area contributed by atoms with Crippen LogP contribution < -0.4 is 5.73 Å². The first-order chi connectivity index (χ1) is 9.47. The third-order valence-electron chi connectivity index (χ3n) is 3.92. The van der Waals surface area contributed by atoms with Crippen molar-refractivity contribution in [2.75, 3.05) is 26.7 Å². The summed E-state index contributed by atoms with van der Waals surface area (Å²) in [5.41, 5.74) is 7.27. The van der Waals surface area contributed by atoms with Crippen LogP contribution in [0.4, 0.5) is 0 Å². The highest BCUT2D eigenvalue weighted by Crippen LogP contribution is 2.21. The van der Waals surface area contributed by atoms with E-state index in [9.17, 15) is 0 Å². The topological polar surface area (TPSA) is 56.4 Å². The Morgan fingerprint density at radius 1 is 1.45 bits per heavy atom. The van der Waals surface area contributed by atoms with Crippen molar-refractivity contribution in [3.63, 3.8) is 0 Å². The molecule has 0 radical (unpaired) electrons. The second-order valence-corrected chi connectivity index (χ2v) is 6.06. The zero-order valence-corrected chi connectivity index (χ0v) is 13.0. The standard InChI is InChI=1S/C15H23ClN4/c1-11-9-19(2)6-3-7-20(11)10-13-5-4-12(15(17)18)8-14(13)16/h4-5,8,11H,3,6-7,9-10H2,1-2H3,(H3,17,18). The SMILES string of the molecule is CC1CN(C)CCCN1Cc1ccc(C(=N)N)cc1Cl. The van der Waals surface area contributed by atoms with Gasteiger partial charge >= 0.3 is 0 Å². The highest BCUT2D eigenvalue weighted by molar-refractivity contribution is 6.31. The molecule has 1 heterocycles. The van der Waals surface area contributed by atoms with Crippen molar-refractivity contribution in [3.05, 3.63) is 34.3 Å². The summed E-state index contributed by atoms with van der Waals surface area (Å²) in [6, 6.07) is 6.16. The first-order valence-electron chi connectivity index (χ1n) is 7.03. The molecule has 4 nitrogen and oxygen atoms in total. The lowest BCUT2D eigenvalue weighted by molar-refractivity contribution is 0.194. The van der Waals surface area contributed by atoms with Crippen LogP contribution in [0.1, 0.15) is 24.5 Å². The number of hydrogen-bond acceptors (Lipinski definition) is 3. The minimum atomic E-state index is 0.0585. The lowest BCUT2D eigenvalue weighted by atomic mass is 10.1. The largest absolute Gasteiger partial charge is 0.384 e. The number of nitrogen functional groups attached to an aromatic ring is 1. The van der Waals surface area contributed by atoms with Gasteiger partial charge in [-0.15, -0.1) is 0 Å². The van der Waals surface area contributed by atoms with E-state index in [0.717, 1.165) is 31.7 Å². The van der Waals surface area contributed by atoms with E-state index in [1.807, 2.05) is 12.1 Å². The fourth-order valence-corrected chi connectivity index (χ4v) is 2.96. The van der Waals surface area contributed by atoms with Crippen LogP contribution in [-0.2, 0) is 6.54 Å². The van der Waals surface area contributed by atoms with Crippen LogP contribution in [0.25, 0.3) is 0 Å².